The van der Waals surface area contributed by atoms with Crippen LogP contribution in [0.2, 0.25) is 0 Å². The van der Waals surface area contributed by atoms with Gasteiger partial charge in [0.05, 0.1) is 5.60 Å². The zero-order valence-corrected chi connectivity index (χ0v) is 8.62. The van der Waals surface area contributed by atoms with Crippen molar-refractivity contribution in [1.29, 1.82) is 0 Å². The van der Waals surface area contributed by atoms with Crippen molar-refractivity contribution in [2.24, 2.45) is 0 Å². The van der Waals surface area contributed by atoms with E-state index in [4.69, 9.17) is 4.74 Å². The van der Waals surface area contributed by atoms with Gasteiger partial charge in [-0.25, -0.2) is 0 Å². The Morgan fingerprint density at radius 2 is 2.36 bits per heavy atom. The second-order valence-corrected chi connectivity index (χ2v) is 4.01. The highest BCUT2D eigenvalue weighted by molar-refractivity contribution is 5.48. The first kappa shape index (κ1) is 9.47. The highest BCUT2D eigenvalue weighted by Crippen LogP contribution is 2.35. The molecule has 0 aromatic heterocycles. The summed E-state index contributed by atoms with van der Waals surface area (Å²) in [6.45, 7) is 6.83. The maximum atomic E-state index is 5.79. The van der Waals surface area contributed by atoms with Gasteiger partial charge in [0.2, 0.25) is 0 Å². The topological polar surface area (TPSA) is 9.23 Å². The Hall–Kier alpha value is -1.08. The van der Waals surface area contributed by atoms with E-state index < -0.39 is 0 Å². The Morgan fingerprint density at radius 1 is 1.50 bits per heavy atom. The molecule has 0 saturated carbocycles. The molecule has 1 nitrogen and oxygen atoms in total. The number of benzene rings is 1. The summed E-state index contributed by atoms with van der Waals surface area (Å²) in [5.41, 5.74) is 2.37. The van der Waals surface area contributed by atoms with E-state index in [9.17, 15) is 0 Å². The lowest BCUT2D eigenvalue weighted by atomic mass is 9.92. The van der Waals surface area contributed by atoms with Crippen molar-refractivity contribution in [2.75, 3.05) is 6.61 Å². The van der Waals surface area contributed by atoms with Crippen LogP contribution in [-0.4, -0.2) is 6.61 Å². The van der Waals surface area contributed by atoms with Gasteiger partial charge in [0.25, 0.3) is 0 Å². The molecular weight excluding hydrogens is 172 g/mol. The van der Waals surface area contributed by atoms with Crippen LogP contribution in [0.25, 0.3) is 6.08 Å². The van der Waals surface area contributed by atoms with Crippen LogP contribution in [0.15, 0.2) is 30.8 Å². The fourth-order valence-corrected chi connectivity index (χ4v) is 2.00. The average molecular weight is 188 g/mol. The molecule has 0 radical (unpaired) electrons. The third-order valence-electron chi connectivity index (χ3n) is 2.95. The van der Waals surface area contributed by atoms with E-state index in [0.29, 0.717) is 0 Å². The summed E-state index contributed by atoms with van der Waals surface area (Å²) in [5.74, 6) is 0. The molecule has 1 aromatic rings. The van der Waals surface area contributed by atoms with Gasteiger partial charge in [0.1, 0.15) is 0 Å². The molecule has 1 heteroatoms. The Balaban J connectivity index is 2.35. The molecule has 1 fully saturated rings. The molecule has 1 atom stereocenters. The average Bonchev–Trinajstić information content (AvgIpc) is 2.67. The lowest BCUT2D eigenvalue weighted by Gasteiger charge is -2.23. The van der Waals surface area contributed by atoms with Crippen LogP contribution in [0.5, 0.6) is 0 Å². The van der Waals surface area contributed by atoms with Crippen molar-refractivity contribution in [1.82, 2.24) is 0 Å². The highest BCUT2D eigenvalue weighted by Gasteiger charge is 2.31. The Morgan fingerprint density at radius 3 is 3.00 bits per heavy atom. The maximum Gasteiger partial charge on any atom is 0.0904 e. The highest BCUT2D eigenvalue weighted by atomic mass is 16.5. The van der Waals surface area contributed by atoms with Gasteiger partial charge in [-0.15, -0.1) is 0 Å². The zero-order chi connectivity index (χ0) is 10.0. The van der Waals surface area contributed by atoms with Gasteiger partial charge in [0.15, 0.2) is 0 Å². The maximum absolute atomic E-state index is 5.79. The molecule has 0 aliphatic carbocycles. The first-order valence-electron chi connectivity index (χ1n) is 5.11. The van der Waals surface area contributed by atoms with Crippen LogP contribution < -0.4 is 0 Å². The standard InChI is InChI=1S/C13H16O/c1-3-11-6-4-7-12(10-11)13(2)8-5-9-14-13/h3-4,6-7,10H,1,5,8-9H2,2H3/t13-/m0/s1. The lowest BCUT2D eigenvalue weighted by Crippen LogP contribution is -2.19. The number of rotatable bonds is 2. The van der Waals surface area contributed by atoms with Crippen molar-refractivity contribution in [3.8, 4) is 0 Å². The fourth-order valence-electron chi connectivity index (χ4n) is 2.00. The first-order chi connectivity index (χ1) is 6.74. The molecule has 74 valence electrons. The zero-order valence-electron chi connectivity index (χ0n) is 8.62. The molecule has 1 heterocycles. The minimum atomic E-state index is -0.0704. The van der Waals surface area contributed by atoms with Crippen molar-refractivity contribution in [3.05, 3.63) is 42.0 Å². The van der Waals surface area contributed by atoms with Gasteiger partial charge < -0.3 is 4.74 Å². The summed E-state index contributed by atoms with van der Waals surface area (Å²) >= 11 is 0. The quantitative estimate of drug-likeness (QED) is 0.691. The summed E-state index contributed by atoms with van der Waals surface area (Å²) in [6.07, 6.45) is 4.16. The van der Waals surface area contributed by atoms with E-state index in [1.165, 1.54) is 11.1 Å². The third kappa shape index (κ3) is 1.60. The minimum Gasteiger partial charge on any atom is -0.371 e. The van der Waals surface area contributed by atoms with Gasteiger partial charge in [-0.1, -0.05) is 30.9 Å². The van der Waals surface area contributed by atoms with E-state index in [-0.39, 0.29) is 5.60 Å². The van der Waals surface area contributed by atoms with Crippen LogP contribution in [-0.2, 0) is 10.3 Å². The Bertz CT molecular complexity index is 335. The smallest absolute Gasteiger partial charge is 0.0904 e. The molecular formula is C13H16O. The molecule has 0 unspecified atom stereocenters. The molecule has 1 aliphatic heterocycles. The van der Waals surface area contributed by atoms with E-state index in [1.807, 2.05) is 6.08 Å². The van der Waals surface area contributed by atoms with Gasteiger partial charge >= 0.3 is 0 Å². The van der Waals surface area contributed by atoms with Crippen LogP contribution in [0.4, 0.5) is 0 Å². The Kier molecular flexibility index (Phi) is 2.42. The van der Waals surface area contributed by atoms with Crippen LogP contribution in [0, 0.1) is 0 Å². The molecule has 14 heavy (non-hydrogen) atoms. The van der Waals surface area contributed by atoms with Gasteiger partial charge in [-0.05, 0) is 37.0 Å². The molecule has 0 spiro atoms. The van der Waals surface area contributed by atoms with E-state index in [2.05, 4.69) is 37.8 Å². The van der Waals surface area contributed by atoms with Crippen molar-refractivity contribution < 1.29 is 4.74 Å². The first-order valence-corrected chi connectivity index (χ1v) is 5.11. The molecule has 1 aliphatic rings. The van der Waals surface area contributed by atoms with Crippen LogP contribution in [0.1, 0.15) is 30.9 Å². The summed E-state index contributed by atoms with van der Waals surface area (Å²) in [5, 5.41) is 0. The van der Waals surface area contributed by atoms with Gasteiger partial charge in [0, 0.05) is 6.61 Å². The number of ether oxygens (including phenoxy) is 1. The summed E-state index contributed by atoms with van der Waals surface area (Å²) in [7, 11) is 0. The van der Waals surface area contributed by atoms with Crippen molar-refractivity contribution >= 4 is 6.08 Å². The molecule has 0 amide bonds. The summed E-state index contributed by atoms with van der Waals surface area (Å²) in [4.78, 5) is 0. The SMILES string of the molecule is C=Cc1cccc([C@]2(C)CCCO2)c1. The minimum absolute atomic E-state index is 0.0704. The van der Waals surface area contributed by atoms with Crippen molar-refractivity contribution in [3.63, 3.8) is 0 Å². The third-order valence-corrected chi connectivity index (χ3v) is 2.95. The van der Waals surface area contributed by atoms with Crippen LogP contribution >= 0.6 is 0 Å². The number of hydrogen-bond donors (Lipinski definition) is 0. The molecule has 1 saturated heterocycles. The normalized spacial score (nSPS) is 26.4. The van der Waals surface area contributed by atoms with E-state index in [0.717, 1.165) is 19.4 Å². The lowest BCUT2D eigenvalue weighted by molar-refractivity contribution is 0.0168. The monoisotopic (exact) mass is 188 g/mol. The van der Waals surface area contributed by atoms with E-state index >= 15 is 0 Å². The summed E-state index contributed by atoms with van der Waals surface area (Å²) in [6, 6.07) is 8.44. The van der Waals surface area contributed by atoms with Gasteiger partial charge in [-0.2, -0.15) is 0 Å². The molecule has 0 bridgehead atoms. The second-order valence-electron chi connectivity index (χ2n) is 4.01. The van der Waals surface area contributed by atoms with E-state index in [1.54, 1.807) is 0 Å². The van der Waals surface area contributed by atoms with Crippen molar-refractivity contribution in [2.45, 2.75) is 25.4 Å². The second kappa shape index (κ2) is 3.58. The van der Waals surface area contributed by atoms with Crippen LogP contribution in [0.3, 0.4) is 0 Å². The molecule has 2 rings (SSSR count). The summed E-state index contributed by atoms with van der Waals surface area (Å²) < 4.78 is 5.79. The predicted octanol–water partition coefficient (Wildman–Crippen LogP) is 3.36. The van der Waals surface area contributed by atoms with Gasteiger partial charge in [-0.3, -0.25) is 0 Å². The molecule has 1 aromatic carbocycles. The predicted molar refractivity (Wildman–Crippen MR) is 59.1 cm³/mol. The fraction of sp³-hybridized carbons (Fsp3) is 0.385. The number of hydrogen-bond acceptors (Lipinski definition) is 1. The largest absolute Gasteiger partial charge is 0.371 e. The molecule has 0 N–H and O–H groups in total. The Labute approximate surface area is 85.4 Å².